The summed E-state index contributed by atoms with van der Waals surface area (Å²) in [6, 6.07) is 0. The van der Waals surface area contributed by atoms with Crippen LogP contribution in [0.15, 0.2) is 6.33 Å². The van der Waals surface area contributed by atoms with Crippen LogP contribution < -0.4 is 15.8 Å². The molecular weight excluding hydrogens is 264 g/mol. The van der Waals surface area contributed by atoms with Gasteiger partial charge in [-0.15, -0.1) is 0 Å². The first-order chi connectivity index (χ1) is 9.06. The third kappa shape index (κ3) is 5.02. The molecule has 0 aliphatic rings. The van der Waals surface area contributed by atoms with E-state index in [1.165, 1.54) is 6.33 Å². The maximum Gasteiger partial charge on any atom is 0.242 e. The van der Waals surface area contributed by atoms with Crippen molar-refractivity contribution in [2.75, 3.05) is 30.5 Å². The van der Waals surface area contributed by atoms with Crippen molar-refractivity contribution in [2.45, 2.75) is 31.9 Å². The van der Waals surface area contributed by atoms with E-state index >= 15 is 0 Å². The molecule has 108 valence electrons. The fourth-order valence-corrected chi connectivity index (χ4v) is 1.84. The zero-order valence-corrected chi connectivity index (χ0v) is 12.5. The van der Waals surface area contributed by atoms with Gasteiger partial charge in [0.2, 0.25) is 5.88 Å². The highest BCUT2D eigenvalue weighted by Gasteiger charge is 2.10. The number of hydrogen-bond acceptors (Lipinski definition) is 6. The van der Waals surface area contributed by atoms with Crippen molar-refractivity contribution in [3.63, 3.8) is 0 Å². The molecule has 1 aromatic heterocycles. The van der Waals surface area contributed by atoms with E-state index in [0.717, 1.165) is 12.8 Å². The molecule has 3 N–H and O–H groups in total. The Labute approximate surface area is 116 Å². The molecule has 0 amide bonds. The molecule has 0 fully saturated rings. The molecule has 0 aromatic carbocycles. The van der Waals surface area contributed by atoms with Gasteiger partial charge in [-0.3, -0.25) is 4.21 Å². The number of aromatic nitrogens is 2. The van der Waals surface area contributed by atoms with Crippen molar-refractivity contribution in [3.8, 4) is 5.88 Å². The maximum absolute atomic E-state index is 11.2. The molecule has 0 radical (unpaired) electrons. The molecule has 0 aliphatic carbocycles. The smallest absolute Gasteiger partial charge is 0.242 e. The average Bonchev–Trinajstić information content (AvgIpc) is 2.39. The van der Waals surface area contributed by atoms with Gasteiger partial charge < -0.3 is 15.8 Å². The Bertz CT molecular complexity index is 428. The van der Waals surface area contributed by atoms with E-state index in [1.54, 1.807) is 6.26 Å². The lowest BCUT2D eigenvalue weighted by atomic mass is 10.3. The lowest BCUT2D eigenvalue weighted by Gasteiger charge is -2.13. The van der Waals surface area contributed by atoms with Crippen LogP contribution in [0.1, 0.15) is 26.7 Å². The zero-order chi connectivity index (χ0) is 14.3. The highest BCUT2D eigenvalue weighted by atomic mass is 32.2. The van der Waals surface area contributed by atoms with E-state index in [1.807, 2.05) is 13.8 Å². The molecule has 7 heteroatoms. The summed E-state index contributed by atoms with van der Waals surface area (Å²) in [7, 11) is -0.811. The SMILES string of the molecule is CCCOc1ncnc(NCCC(C)S(C)=O)c1N. The van der Waals surface area contributed by atoms with Gasteiger partial charge in [0.25, 0.3) is 0 Å². The molecule has 0 aliphatic heterocycles. The summed E-state index contributed by atoms with van der Waals surface area (Å²) >= 11 is 0. The molecule has 19 heavy (non-hydrogen) atoms. The van der Waals surface area contributed by atoms with Gasteiger partial charge in [-0.25, -0.2) is 4.98 Å². The molecule has 1 rings (SSSR count). The lowest BCUT2D eigenvalue weighted by molar-refractivity contribution is 0.306. The molecule has 0 saturated carbocycles. The van der Waals surface area contributed by atoms with Crippen LogP contribution in [0, 0.1) is 0 Å². The Morgan fingerprint density at radius 3 is 2.89 bits per heavy atom. The third-order valence-corrected chi connectivity index (χ3v) is 4.07. The number of nitrogens with one attached hydrogen (secondary N) is 1. The predicted molar refractivity (Wildman–Crippen MR) is 78.9 cm³/mol. The number of nitrogens with zero attached hydrogens (tertiary/aromatic N) is 2. The number of nitrogen functional groups attached to an aromatic ring is 1. The predicted octanol–water partition coefficient (Wildman–Crippen LogP) is 1.42. The van der Waals surface area contributed by atoms with Crippen LogP contribution in [-0.4, -0.2) is 38.8 Å². The lowest BCUT2D eigenvalue weighted by Crippen LogP contribution is -2.16. The van der Waals surface area contributed by atoms with Crippen LogP contribution in [0.2, 0.25) is 0 Å². The largest absolute Gasteiger partial charge is 0.476 e. The quantitative estimate of drug-likeness (QED) is 0.751. The minimum Gasteiger partial charge on any atom is -0.476 e. The topological polar surface area (TPSA) is 90.1 Å². The molecule has 2 unspecified atom stereocenters. The summed E-state index contributed by atoms with van der Waals surface area (Å²) in [4.78, 5) is 8.09. The maximum atomic E-state index is 11.2. The van der Waals surface area contributed by atoms with Crippen LogP contribution in [0.5, 0.6) is 5.88 Å². The van der Waals surface area contributed by atoms with E-state index in [9.17, 15) is 4.21 Å². The minimum absolute atomic E-state index is 0.145. The van der Waals surface area contributed by atoms with Gasteiger partial charge in [0.15, 0.2) is 5.82 Å². The second kappa shape index (κ2) is 7.93. The first-order valence-electron chi connectivity index (χ1n) is 6.35. The standard InChI is InChI=1S/C12H22N4O2S/c1-4-7-18-12-10(13)11(15-8-16-12)14-6-5-9(2)19(3)17/h8-9H,4-7,13H2,1-3H3,(H,14,15,16). The zero-order valence-electron chi connectivity index (χ0n) is 11.7. The summed E-state index contributed by atoms with van der Waals surface area (Å²) in [6.45, 7) is 5.21. The molecular formula is C12H22N4O2S. The number of ether oxygens (including phenoxy) is 1. The number of nitrogens with two attached hydrogens (primary N) is 1. The fourth-order valence-electron chi connectivity index (χ4n) is 1.39. The monoisotopic (exact) mass is 286 g/mol. The van der Waals surface area contributed by atoms with Crippen molar-refractivity contribution in [2.24, 2.45) is 0 Å². The molecule has 0 bridgehead atoms. The van der Waals surface area contributed by atoms with E-state index in [4.69, 9.17) is 10.5 Å². The van der Waals surface area contributed by atoms with Crippen molar-refractivity contribution in [1.29, 1.82) is 0 Å². The summed E-state index contributed by atoms with van der Waals surface area (Å²) in [5.41, 5.74) is 6.35. The minimum atomic E-state index is -0.811. The van der Waals surface area contributed by atoms with Gasteiger partial charge in [0, 0.05) is 28.9 Å². The van der Waals surface area contributed by atoms with Gasteiger partial charge >= 0.3 is 0 Å². The highest BCUT2D eigenvalue weighted by molar-refractivity contribution is 7.84. The fraction of sp³-hybridized carbons (Fsp3) is 0.667. The van der Waals surface area contributed by atoms with E-state index in [-0.39, 0.29) is 5.25 Å². The highest BCUT2D eigenvalue weighted by Crippen LogP contribution is 2.24. The van der Waals surface area contributed by atoms with E-state index in [2.05, 4.69) is 15.3 Å². The Morgan fingerprint density at radius 2 is 2.26 bits per heavy atom. The van der Waals surface area contributed by atoms with Crippen LogP contribution in [0.4, 0.5) is 11.5 Å². The van der Waals surface area contributed by atoms with E-state index in [0.29, 0.717) is 30.5 Å². The van der Waals surface area contributed by atoms with Crippen LogP contribution in [0.3, 0.4) is 0 Å². The molecule has 6 nitrogen and oxygen atoms in total. The summed E-state index contributed by atoms with van der Waals surface area (Å²) in [5, 5.41) is 3.27. The Kier molecular flexibility index (Phi) is 6.55. The summed E-state index contributed by atoms with van der Waals surface area (Å²) < 4.78 is 16.7. The first kappa shape index (κ1) is 15.7. The van der Waals surface area contributed by atoms with Gasteiger partial charge in [-0.2, -0.15) is 4.98 Å². The number of hydrogen-bond donors (Lipinski definition) is 2. The normalized spacial score (nSPS) is 13.8. The van der Waals surface area contributed by atoms with Crippen molar-refractivity contribution in [3.05, 3.63) is 6.33 Å². The van der Waals surface area contributed by atoms with Crippen LogP contribution in [-0.2, 0) is 10.8 Å². The Balaban J connectivity index is 2.56. The Morgan fingerprint density at radius 1 is 1.53 bits per heavy atom. The van der Waals surface area contributed by atoms with Crippen molar-refractivity contribution >= 4 is 22.3 Å². The molecule has 1 heterocycles. The molecule has 0 spiro atoms. The van der Waals surface area contributed by atoms with Crippen molar-refractivity contribution in [1.82, 2.24) is 9.97 Å². The molecule has 2 atom stereocenters. The number of anilines is 2. The summed E-state index contributed by atoms with van der Waals surface area (Å²) in [6.07, 6.45) is 4.81. The van der Waals surface area contributed by atoms with Gasteiger partial charge in [0.1, 0.15) is 12.0 Å². The van der Waals surface area contributed by atoms with Gasteiger partial charge in [0.05, 0.1) is 6.61 Å². The van der Waals surface area contributed by atoms with Crippen LogP contribution in [0.25, 0.3) is 0 Å². The van der Waals surface area contributed by atoms with Gasteiger partial charge in [-0.1, -0.05) is 13.8 Å². The first-order valence-corrected chi connectivity index (χ1v) is 7.97. The molecule has 0 saturated heterocycles. The van der Waals surface area contributed by atoms with Crippen LogP contribution >= 0.6 is 0 Å². The second-order valence-electron chi connectivity index (χ2n) is 4.31. The molecule has 1 aromatic rings. The van der Waals surface area contributed by atoms with E-state index < -0.39 is 10.8 Å². The number of rotatable bonds is 8. The van der Waals surface area contributed by atoms with Crippen molar-refractivity contribution < 1.29 is 8.95 Å². The average molecular weight is 286 g/mol. The Hall–Kier alpha value is -1.37. The summed E-state index contributed by atoms with van der Waals surface area (Å²) in [5.74, 6) is 0.974. The van der Waals surface area contributed by atoms with Gasteiger partial charge in [-0.05, 0) is 12.8 Å². The third-order valence-electron chi connectivity index (χ3n) is 2.70. The second-order valence-corrected chi connectivity index (χ2v) is 6.12.